The predicted molar refractivity (Wildman–Crippen MR) is 152 cm³/mol. The first kappa shape index (κ1) is 28.2. The van der Waals surface area contributed by atoms with Gasteiger partial charge in [-0.25, -0.2) is 0 Å². The van der Waals surface area contributed by atoms with Crippen LogP contribution in [0.1, 0.15) is 68.9 Å². The number of hydrogen-bond donors (Lipinski definition) is 1. The van der Waals surface area contributed by atoms with Crippen molar-refractivity contribution in [3.63, 3.8) is 0 Å². The number of nitrogens with one attached hydrogen (secondary N) is 1. The van der Waals surface area contributed by atoms with E-state index in [0.29, 0.717) is 25.8 Å². The van der Waals surface area contributed by atoms with Gasteiger partial charge in [-0.2, -0.15) is 0 Å². The lowest BCUT2D eigenvalue weighted by atomic mass is 9.86. The van der Waals surface area contributed by atoms with E-state index in [1.807, 2.05) is 63.2 Å². The molecule has 0 saturated heterocycles. The molecule has 37 heavy (non-hydrogen) atoms. The molecule has 0 spiro atoms. The fourth-order valence-electron chi connectivity index (χ4n) is 4.39. The standard InChI is InChI=1S/C33H42N2O2/c1-24(2)34-32(37)30(22-27-10-8-7-9-11-27)35(23-28-14-12-25(3)13-15-28)31(36)21-18-26-16-19-29(20-17-26)33(4,5)6/h7-17,19-20,24,30H,18,21-23H2,1-6H3,(H,34,37)/t30-/m0/s1. The predicted octanol–water partition coefficient (Wildman–Crippen LogP) is 6.39. The molecule has 196 valence electrons. The van der Waals surface area contributed by atoms with Gasteiger partial charge in [0.1, 0.15) is 6.04 Å². The second kappa shape index (κ2) is 12.7. The van der Waals surface area contributed by atoms with E-state index in [1.54, 1.807) is 4.90 Å². The Bertz CT molecular complexity index is 1140. The Balaban J connectivity index is 1.87. The molecule has 4 nitrogen and oxygen atoms in total. The van der Waals surface area contributed by atoms with Crippen molar-refractivity contribution < 1.29 is 9.59 Å². The van der Waals surface area contributed by atoms with Gasteiger partial charge in [-0.15, -0.1) is 0 Å². The molecule has 0 unspecified atom stereocenters. The van der Waals surface area contributed by atoms with Gasteiger partial charge in [0.2, 0.25) is 11.8 Å². The number of aryl methyl sites for hydroxylation is 2. The molecule has 3 aromatic carbocycles. The van der Waals surface area contributed by atoms with Gasteiger partial charge in [0.15, 0.2) is 0 Å². The van der Waals surface area contributed by atoms with Crippen molar-refractivity contribution in [1.29, 1.82) is 0 Å². The minimum atomic E-state index is -0.595. The summed E-state index contributed by atoms with van der Waals surface area (Å²) in [4.78, 5) is 29.0. The Hall–Kier alpha value is -3.40. The van der Waals surface area contributed by atoms with Crippen molar-refractivity contribution in [2.45, 2.75) is 84.8 Å². The van der Waals surface area contributed by atoms with E-state index in [-0.39, 0.29) is 23.3 Å². The highest BCUT2D eigenvalue weighted by atomic mass is 16.2. The Morgan fingerprint density at radius 1 is 0.811 bits per heavy atom. The first-order valence-corrected chi connectivity index (χ1v) is 13.3. The van der Waals surface area contributed by atoms with Crippen molar-refractivity contribution in [3.8, 4) is 0 Å². The SMILES string of the molecule is Cc1ccc(CN(C(=O)CCc2ccc(C(C)(C)C)cc2)[C@@H](Cc2ccccc2)C(=O)NC(C)C)cc1. The zero-order valence-corrected chi connectivity index (χ0v) is 23.3. The van der Waals surface area contributed by atoms with Gasteiger partial charge in [0.25, 0.3) is 0 Å². The topological polar surface area (TPSA) is 49.4 Å². The van der Waals surface area contributed by atoms with Crippen LogP contribution in [0.2, 0.25) is 0 Å². The van der Waals surface area contributed by atoms with Gasteiger partial charge >= 0.3 is 0 Å². The van der Waals surface area contributed by atoms with Crippen LogP contribution in [0.4, 0.5) is 0 Å². The maximum atomic E-state index is 13.8. The highest BCUT2D eigenvalue weighted by molar-refractivity contribution is 5.88. The molecule has 0 radical (unpaired) electrons. The van der Waals surface area contributed by atoms with Crippen LogP contribution in [0.25, 0.3) is 0 Å². The monoisotopic (exact) mass is 498 g/mol. The molecule has 0 fully saturated rings. The van der Waals surface area contributed by atoms with Crippen LogP contribution in [0.3, 0.4) is 0 Å². The molecule has 1 atom stereocenters. The Labute approximate surface area is 223 Å². The largest absolute Gasteiger partial charge is 0.352 e. The maximum Gasteiger partial charge on any atom is 0.243 e. The number of benzene rings is 3. The second-order valence-electron chi connectivity index (χ2n) is 11.3. The number of carbonyl (C=O) groups excluding carboxylic acids is 2. The van der Waals surface area contributed by atoms with Crippen molar-refractivity contribution in [2.75, 3.05) is 0 Å². The average Bonchev–Trinajstić information content (AvgIpc) is 2.85. The molecule has 0 aliphatic rings. The summed E-state index contributed by atoms with van der Waals surface area (Å²) in [6.07, 6.45) is 1.45. The summed E-state index contributed by atoms with van der Waals surface area (Å²) >= 11 is 0. The number of amides is 2. The average molecular weight is 499 g/mol. The van der Waals surface area contributed by atoms with Crippen molar-refractivity contribution in [2.24, 2.45) is 0 Å². The molecule has 0 aromatic heterocycles. The Morgan fingerprint density at radius 3 is 1.97 bits per heavy atom. The summed E-state index contributed by atoms with van der Waals surface area (Å²) in [6, 6.07) is 26.1. The van der Waals surface area contributed by atoms with Gasteiger partial charge in [-0.1, -0.05) is 105 Å². The zero-order valence-electron chi connectivity index (χ0n) is 23.3. The van der Waals surface area contributed by atoms with Gasteiger partial charge in [-0.05, 0) is 54.9 Å². The summed E-state index contributed by atoms with van der Waals surface area (Å²) in [5, 5.41) is 3.05. The van der Waals surface area contributed by atoms with E-state index in [0.717, 1.165) is 16.7 Å². The van der Waals surface area contributed by atoms with Crippen molar-refractivity contribution in [3.05, 3.63) is 107 Å². The molecule has 4 heteroatoms. The Kier molecular flexibility index (Phi) is 9.68. The summed E-state index contributed by atoms with van der Waals surface area (Å²) < 4.78 is 0. The summed E-state index contributed by atoms with van der Waals surface area (Å²) in [5.74, 6) is -0.130. The molecular weight excluding hydrogens is 456 g/mol. The molecule has 0 bridgehead atoms. The van der Waals surface area contributed by atoms with E-state index >= 15 is 0 Å². The first-order chi connectivity index (χ1) is 17.5. The number of carbonyl (C=O) groups is 2. The first-order valence-electron chi connectivity index (χ1n) is 13.3. The Morgan fingerprint density at radius 2 is 1.41 bits per heavy atom. The third-order valence-corrected chi connectivity index (χ3v) is 6.62. The molecule has 0 aliphatic heterocycles. The van der Waals surface area contributed by atoms with E-state index in [9.17, 15) is 9.59 Å². The van der Waals surface area contributed by atoms with Crippen LogP contribution in [-0.2, 0) is 34.4 Å². The molecule has 0 saturated carbocycles. The fraction of sp³-hybridized carbons (Fsp3) is 0.394. The second-order valence-corrected chi connectivity index (χ2v) is 11.3. The summed E-state index contributed by atoms with van der Waals surface area (Å²) in [6.45, 7) is 12.9. The maximum absolute atomic E-state index is 13.8. The van der Waals surface area contributed by atoms with E-state index in [4.69, 9.17) is 0 Å². The highest BCUT2D eigenvalue weighted by Crippen LogP contribution is 2.23. The third-order valence-electron chi connectivity index (χ3n) is 6.62. The molecule has 3 aromatic rings. The van der Waals surface area contributed by atoms with Crippen LogP contribution in [-0.4, -0.2) is 28.8 Å². The minimum Gasteiger partial charge on any atom is -0.352 e. The smallest absolute Gasteiger partial charge is 0.243 e. The quantitative estimate of drug-likeness (QED) is 0.352. The molecule has 2 amide bonds. The van der Waals surface area contributed by atoms with E-state index < -0.39 is 6.04 Å². The van der Waals surface area contributed by atoms with Crippen LogP contribution >= 0.6 is 0 Å². The van der Waals surface area contributed by atoms with Crippen molar-refractivity contribution in [1.82, 2.24) is 10.2 Å². The van der Waals surface area contributed by atoms with Crippen LogP contribution < -0.4 is 5.32 Å². The number of hydrogen-bond acceptors (Lipinski definition) is 2. The van der Waals surface area contributed by atoms with Gasteiger partial charge < -0.3 is 10.2 Å². The van der Waals surface area contributed by atoms with Crippen molar-refractivity contribution >= 4 is 11.8 Å². The number of rotatable bonds is 10. The normalized spacial score (nSPS) is 12.3. The van der Waals surface area contributed by atoms with Gasteiger partial charge in [0.05, 0.1) is 0 Å². The molecule has 0 heterocycles. The van der Waals surface area contributed by atoms with E-state index in [2.05, 4.69) is 62.5 Å². The molecular formula is C33H42N2O2. The number of nitrogens with zero attached hydrogens (tertiary/aromatic N) is 1. The zero-order chi connectivity index (χ0) is 27.0. The molecule has 1 N–H and O–H groups in total. The van der Waals surface area contributed by atoms with Crippen LogP contribution in [0.15, 0.2) is 78.9 Å². The molecule has 0 aliphatic carbocycles. The van der Waals surface area contributed by atoms with Gasteiger partial charge in [0, 0.05) is 25.4 Å². The third kappa shape index (κ3) is 8.59. The fourth-order valence-corrected chi connectivity index (χ4v) is 4.39. The summed E-state index contributed by atoms with van der Waals surface area (Å²) in [7, 11) is 0. The summed E-state index contributed by atoms with van der Waals surface area (Å²) in [5.41, 5.74) is 5.71. The highest BCUT2D eigenvalue weighted by Gasteiger charge is 2.30. The van der Waals surface area contributed by atoms with Crippen LogP contribution in [0.5, 0.6) is 0 Å². The van der Waals surface area contributed by atoms with Gasteiger partial charge in [-0.3, -0.25) is 9.59 Å². The lowest BCUT2D eigenvalue weighted by molar-refractivity contribution is -0.141. The van der Waals surface area contributed by atoms with E-state index in [1.165, 1.54) is 11.1 Å². The lowest BCUT2D eigenvalue weighted by Gasteiger charge is -2.32. The van der Waals surface area contributed by atoms with Crippen LogP contribution in [0, 0.1) is 6.92 Å². The molecule has 3 rings (SSSR count). The minimum absolute atomic E-state index is 0.0107. The lowest BCUT2D eigenvalue weighted by Crippen LogP contribution is -2.51.